The number of hydrogen-bond donors (Lipinski definition) is 0. The van der Waals surface area contributed by atoms with E-state index in [1.165, 1.54) is 38.0 Å². The first-order chi connectivity index (χ1) is 8.70. The Balaban J connectivity index is 0.000000771. The third kappa shape index (κ3) is 3.84. The van der Waals surface area contributed by atoms with Crippen molar-refractivity contribution in [3.05, 3.63) is 18.0 Å². The number of likely N-dealkylation sites (tertiary alicyclic amines) is 1. The molecule has 3 heteroatoms. The van der Waals surface area contributed by atoms with Crippen molar-refractivity contribution in [1.82, 2.24) is 14.7 Å². The molecule has 0 unspecified atom stereocenters. The number of rotatable bonds is 3. The lowest BCUT2D eigenvalue weighted by atomic mass is 10.0. The average molecular weight is 251 g/mol. The van der Waals surface area contributed by atoms with Gasteiger partial charge < -0.3 is 4.90 Å². The molecule has 1 aliphatic heterocycles. The van der Waals surface area contributed by atoms with Gasteiger partial charge in [-0.3, -0.25) is 4.68 Å². The van der Waals surface area contributed by atoms with E-state index in [1.807, 2.05) is 20.0 Å². The molecule has 18 heavy (non-hydrogen) atoms. The number of hydrogen-bond acceptors (Lipinski definition) is 2. The van der Waals surface area contributed by atoms with Gasteiger partial charge in [-0.1, -0.05) is 34.6 Å². The van der Waals surface area contributed by atoms with Gasteiger partial charge in [-0.25, -0.2) is 0 Å². The van der Waals surface area contributed by atoms with Gasteiger partial charge in [-0.15, -0.1) is 0 Å². The first-order valence-electron chi connectivity index (χ1n) is 7.47. The molecule has 1 aromatic rings. The third-order valence-corrected chi connectivity index (χ3v) is 3.67. The number of nitrogens with zero attached hydrogens (tertiary/aromatic N) is 3. The van der Waals surface area contributed by atoms with Crippen LogP contribution in [0.15, 0.2) is 12.4 Å². The van der Waals surface area contributed by atoms with E-state index in [0.29, 0.717) is 12.0 Å². The van der Waals surface area contributed by atoms with Crippen LogP contribution in [0.2, 0.25) is 0 Å². The maximum atomic E-state index is 4.51. The Labute approximate surface area is 112 Å². The standard InChI is InChI=1S/C13H23N3.C2H6/c1-4-15-7-5-13(6-8-15)16-10-12(9-14-16)11(2)3;1-2/h9-11,13H,4-8H2,1-3H3;1-2H3. The molecule has 1 aromatic heterocycles. The zero-order valence-electron chi connectivity index (χ0n) is 12.7. The summed E-state index contributed by atoms with van der Waals surface area (Å²) in [5.41, 5.74) is 1.36. The summed E-state index contributed by atoms with van der Waals surface area (Å²) in [5, 5.41) is 4.51. The van der Waals surface area contributed by atoms with E-state index < -0.39 is 0 Å². The van der Waals surface area contributed by atoms with Crippen molar-refractivity contribution in [2.45, 2.75) is 59.4 Å². The van der Waals surface area contributed by atoms with E-state index in [1.54, 1.807) is 0 Å². The van der Waals surface area contributed by atoms with Crippen LogP contribution in [0.1, 0.15) is 65.0 Å². The van der Waals surface area contributed by atoms with Crippen LogP contribution in [0.5, 0.6) is 0 Å². The molecule has 1 saturated heterocycles. The van der Waals surface area contributed by atoms with Crippen LogP contribution in [0.25, 0.3) is 0 Å². The highest BCUT2D eigenvalue weighted by Gasteiger charge is 2.20. The Morgan fingerprint density at radius 1 is 1.28 bits per heavy atom. The van der Waals surface area contributed by atoms with Crippen LogP contribution >= 0.6 is 0 Å². The molecule has 2 heterocycles. The normalized spacial score (nSPS) is 17.7. The molecular formula is C15H29N3. The number of piperidine rings is 1. The van der Waals surface area contributed by atoms with Crippen LogP contribution in [0.3, 0.4) is 0 Å². The van der Waals surface area contributed by atoms with Crippen molar-refractivity contribution in [1.29, 1.82) is 0 Å². The van der Waals surface area contributed by atoms with Crippen molar-refractivity contribution in [2.24, 2.45) is 0 Å². The maximum absolute atomic E-state index is 4.51. The van der Waals surface area contributed by atoms with Crippen LogP contribution in [0.4, 0.5) is 0 Å². The lowest BCUT2D eigenvalue weighted by molar-refractivity contribution is 0.187. The second kappa shape index (κ2) is 7.57. The molecule has 0 atom stereocenters. The molecule has 104 valence electrons. The first kappa shape index (κ1) is 15.2. The molecule has 2 rings (SSSR count). The quantitative estimate of drug-likeness (QED) is 0.817. The van der Waals surface area contributed by atoms with E-state index >= 15 is 0 Å². The predicted molar refractivity (Wildman–Crippen MR) is 78.0 cm³/mol. The molecule has 3 nitrogen and oxygen atoms in total. The molecule has 1 aliphatic rings. The molecule has 1 fully saturated rings. The highest BCUT2D eigenvalue weighted by molar-refractivity contribution is 5.09. The second-order valence-electron chi connectivity index (χ2n) is 5.07. The minimum absolute atomic E-state index is 0.587. The van der Waals surface area contributed by atoms with E-state index in [0.717, 1.165) is 0 Å². The third-order valence-electron chi connectivity index (χ3n) is 3.67. The monoisotopic (exact) mass is 251 g/mol. The zero-order valence-corrected chi connectivity index (χ0v) is 12.7. The van der Waals surface area contributed by atoms with E-state index in [2.05, 4.69) is 41.6 Å². The van der Waals surface area contributed by atoms with E-state index in [9.17, 15) is 0 Å². The molecule has 0 saturated carbocycles. The van der Waals surface area contributed by atoms with E-state index in [-0.39, 0.29) is 0 Å². The van der Waals surface area contributed by atoms with Crippen molar-refractivity contribution in [2.75, 3.05) is 19.6 Å². The second-order valence-corrected chi connectivity index (χ2v) is 5.07. The molecule has 0 bridgehead atoms. The highest BCUT2D eigenvalue weighted by Crippen LogP contribution is 2.23. The van der Waals surface area contributed by atoms with Gasteiger partial charge in [0.05, 0.1) is 12.2 Å². The Bertz CT molecular complexity index is 322. The van der Waals surface area contributed by atoms with Crippen molar-refractivity contribution in [3.8, 4) is 0 Å². The van der Waals surface area contributed by atoms with Crippen LogP contribution in [-0.4, -0.2) is 34.3 Å². The summed E-state index contributed by atoms with van der Waals surface area (Å²) in [4.78, 5) is 2.52. The zero-order chi connectivity index (χ0) is 13.5. The van der Waals surface area contributed by atoms with Gasteiger partial charge in [0.2, 0.25) is 0 Å². The smallest absolute Gasteiger partial charge is 0.0543 e. The summed E-state index contributed by atoms with van der Waals surface area (Å²) in [7, 11) is 0. The molecule has 0 aromatic carbocycles. The minimum Gasteiger partial charge on any atom is -0.303 e. The van der Waals surface area contributed by atoms with Crippen LogP contribution in [0, 0.1) is 0 Å². The largest absolute Gasteiger partial charge is 0.303 e. The van der Waals surface area contributed by atoms with Gasteiger partial charge in [0.25, 0.3) is 0 Å². The van der Waals surface area contributed by atoms with Crippen molar-refractivity contribution < 1.29 is 0 Å². The summed E-state index contributed by atoms with van der Waals surface area (Å²) < 4.78 is 2.18. The fourth-order valence-corrected chi connectivity index (χ4v) is 2.35. The Morgan fingerprint density at radius 3 is 2.33 bits per heavy atom. The molecule has 0 radical (unpaired) electrons. The summed E-state index contributed by atoms with van der Waals surface area (Å²) in [5.74, 6) is 0.587. The Kier molecular flexibility index (Phi) is 6.41. The number of aromatic nitrogens is 2. The fraction of sp³-hybridized carbons (Fsp3) is 0.800. The van der Waals surface area contributed by atoms with Crippen LogP contribution < -0.4 is 0 Å². The predicted octanol–water partition coefficient (Wildman–Crippen LogP) is 3.69. The molecular weight excluding hydrogens is 222 g/mol. The molecule has 0 aliphatic carbocycles. The lowest BCUT2D eigenvalue weighted by Crippen LogP contribution is -2.34. The van der Waals surface area contributed by atoms with E-state index in [4.69, 9.17) is 0 Å². The van der Waals surface area contributed by atoms with Crippen LogP contribution in [-0.2, 0) is 0 Å². The summed E-state index contributed by atoms with van der Waals surface area (Å²) in [6.45, 7) is 14.3. The highest BCUT2D eigenvalue weighted by atomic mass is 15.3. The maximum Gasteiger partial charge on any atom is 0.0543 e. The lowest BCUT2D eigenvalue weighted by Gasteiger charge is -2.31. The minimum atomic E-state index is 0.587. The summed E-state index contributed by atoms with van der Waals surface area (Å²) in [6.07, 6.45) is 6.74. The Morgan fingerprint density at radius 2 is 1.89 bits per heavy atom. The van der Waals surface area contributed by atoms with Gasteiger partial charge in [0.1, 0.15) is 0 Å². The SMILES string of the molecule is CC.CCN1CCC(n2cc(C(C)C)cn2)CC1. The molecule has 0 spiro atoms. The van der Waals surface area contributed by atoms with Gasteiger partial charge in [-0.2, -0.15) is 5.10 Å². The van der Waals surface area contributed by atoms with Gasteiger partial charge in [0, 0.05) is 19.3 Å². The Hall–Kier alpha value is -0.830. The van der Waals surface area contributed by atoms with Gasteiger partial charge in [0.15, 0.2) is 0 Å². The van der Waals surface area contributed by atoms with Gasteiger partial charge in [-0.05, 0) is 30.9 Å². The summed E-state index contributed by atoms with van der Waals surface area (Å²) in [6, 6.07) is 0.621. The first-order valence-corrected chi connectivity index (χ1v) is 7.47. The van der Waals surface area contributed by atoms with Gasteiger partial charge >= 0.3 is 0 Å². The summed E-state index contributed by atoms with van der Waals surface area (Å²) >= 11 is 0. The average Bonchev–Trinajstić information content (AvgIpc) is 2.91. The topological polar surface area (TPSA) is 21.1 Å². The molecule has 0 N–H and O–H groups in total. The van der Waals surface area contributed by atoms with Crippen molar-refractivity contribution >= 4 is 0 Å². The molecule has 0 amide bonds. The fourth-order valence-electron chi connectivity index (χ4n) is 2.35. The van der Waals surface area contributed by atoms with Crippen molar-refractivity contribution in [3.63, 3.8) is 0 Å².